The highest BCUT2D eigenvalue weighted by Gasteiger charge is 2.13. The Hall–Kier alpha value is -2.01. The predicted octanol–water partition coefficient (Wildman–Crippen LogP) is 4.22. The Bertz CT molecular complexity index is 641. The van der Waals surface area contributed by atoms with E-state index in [-0.39, 0.29) is 5.75 Å². The topological polar surface area (TPSA) is 35.2 Å². The van der Waals surface area contributed by atoms with Gasteiger partial charge < -0.3 is 10.5 Å². The van der Waals surface area contributed by atoms with Crippen molar-refractivity contribution in [2.45, 2.75) is 19.9 Å². The van der Waals surface area contributed by atoms with Gasteiger partial charge in [0.25, 0.3) is 0 Å². The fraction of sp³-hybridized carbons (Fsp3) is 0.200. The molecule has 2 N–H and O–H groups in total. The van der Waals surface area contributed by atoms with Gasteiger partial charge >= 0.3 is 0 Å². The van der Waals surface area contributed by atoms with E-state index in [4.69, 9.17) is 10.5 Å². The fourth-order valence-electron chi connectivity index (χ4n) is 1.78. The second-order valence-electron chi connectivity index (χ2n) is 4.61. The summed E-state index contributed by atoms with van der Waals surface area (Å²) in [7, 11) is 0. The molecular weight excluding hydrogens is 267 g/mol. The van der Waals surface area contributed by atoms with Crippen molar-refractivity contribution in [2.75, 3.05) is 0 Å². The van der Waals surface area contributed by atoms with Gasteiger partial charge in [-0.15, -0.1) is 0 Å². The molecule has 2 rings (SSSR count). The third-order valence-corrected chi connectivity index (χ3v) is 2.90. The molecule has 0 radical (unpaired) electrons. The minimum Gasteiger partial charge on any atom is -0.457 e. The Morgan fingerprint density at radius 2 is 1.70 bits per heavy atom. The van der Waals surface area contributed by atoms with Crippen molar-refractivity contribution in [1.82, 2.24) is 0 Å². The van der Waals surface area contributed by atoms with Crippen molar-refractivity contribution >= 4 is 0 Å². The van der Waals surface area contributed by atoms with Crippen LogP contribution in [0.5, 0.6) is 11.5 Å². The normalized spacial score (nSPS) is 12.3. The molecule has 0 aliphatic rings. The summed E-state index contributed by atoms with van der Waals surface area (Å²) >= 11 is 0. The van der Waals surface area contributed by atoms with Crippen molar-refractivity contribution in [3.63, 3.8) is 0 Å². The first kappa shape index (κ1) is 14.4. The largest absolute Gasteiger partial charge is 0.457 e. The van der Waals surface area contributed by atoms with Gasteiger partial charge in [-0.25, -0.2) is 13.2 Å². The second kappa shape index (κ2) is 5.54. The minimum atomic E-state index is -1.01. The highest BCUT2D eigenvalue weighted by molar-refractivity contribution is 5.42. The van der Waals surface area contributed by atoms with Gasteiger partial charge in [-0.05, 0) is 43.7 Å². The lowest BCUT2D eigenvalue weighted by atomic mass is 10.1. The maximum atomic E-state index is 13.6. The first-order valence-electron chi connectivity index (χ1n) is 6.07. The van der Waals surface area contributed by atoms with E-state index in [0.29, 0.717) is 16.9 Å². The smallest absolute Gasteiger partial charge is 0.162 e. The summed E-state index contributed by atoms with van der Waals surface area (Å²) in [6.45, 7) is 3.26. The fourth-order valence-corrected chi connectivity index (χ4v) is 1.78. The van der Waals surface area contributed by atoms with Crippen molar-refractivity contribution in [3.8, 4) is 11.5 Å². The second-order valence-corrected chi connectivity index (χ2v) is 4.61. The lowest BCUT2D eigenvalue weighted by molar-refractivity contribution is 0.452. The molecule has 20 heavy (non-hydrogen) atoms. The molecule has 0 saturated carbocycles. The summed E-state index contributed by atoms with van der Waals surface area (Å²) in [5.41, 5.74) is 6.60. The zero-order chi connectivity index (χ0) is 14.9. The van der Waals surface area contributed by atoms with Crippen LogP contribution in [0.1, 0.15) is 24.1 Å². The van der Waals surface area contributed by atoms with Crippen molar-refractivity contribution in [1.29, 1.82) is 0 Å². The van der Waals surface area contributed by atoms with E-state index in [1.807, 2.05) is 0 Å². The molecule has 2 nitrogen and oxygen atoms in total. The Labute approximate surface area is 115 Å². The number of benzene rings is 2. The van der Waals surface area contributed by atoms with Crippen LogP contribution in [0.2, 0.25) is 0 Å². The van der Waals surface area contributed by atoms with Crippen LogP contribution in [0.15, 0.2) is 30.3 Å². The molecule has 5 heteroatoms. The van der Waals surface area contributed by atoms with E-state index in [2.05, 4.69) is 0 Å². The molecule has 2 aromatic carbocycles. The molecule has 0 spiro atoms. The molecular formula is C15H14F3NO. The molecule has 2 aromatic rings. The predicted molar refractivity (Wildman–Crippen MR) is 70.2 cm³/mol. The molecule has 0 amide bonds. The van der Waals surface area contributed by atoms with E-state index < -0.39 is 23.5 Å². The van der Waals surface area contributed by atoms with Crippen molar-refractivity contribution < 1.29 is 17.9 Å². The van der Waals surface area contributed by atoms with E-state index in [9.17, 15) is 13.2 Å². The molecule has 1 unspecified atom stereocenters. The Morgan fingerprint density at radius 1 is 1.00 bits per heavy atom. The third-order valence-electron chi connectivity index (χ3n) is 2.90. The van der Waals surface area contributed by atoms with Gasteiger partial charge in [0, 0.05) is 17.7 Å². The number of nitrogens with two attached hydrogens (primary N) is 1. The monoisotopic (exact) mass is 281 g/mol. The number of halogens is 3. The molecule has 1 atom stereocenters. The molecule has 0 aliphatic carbocycles. The zero-order valence-corrected chi connectivity index (χ0v) is 11.1. The average Bonchev–Trinajstić information content (AvgIpc) is 2.37. The summed E-state index contributed by atoms with van der Waals surface area (Å²) in [4.78, 5) is 0. The van der Waals surface area contributed by atoms with Crippen LogP contribution in [0.3, 0.4) is 0 Å². The van der Waals surface area contributed by atoms with Gasteiger partial charge in [0.1, 0.15) is 17.3 Å². The van der Waals surface area contributed by atoms with Gasteiger partial charge in [-0.3, -0.25) is 0 Å². The third kappa shape index (κ3) is 2.93. The maximum Gasteiger partial charge on any atom is 0.162 e. The lowest BCUT2D eigenvalue weighted by Crippen LogP contribution is -2.08. The Morgan fingerprint density at radius 3 is 2.30 bits per heavy atom. The number of hydrogen-bond acceptors (Lipinski definition) is 2. The van der Waals surface area contributed by atoms with Crippen LogP contribution < -0.4 is 10.5 Å². The van der Waals surface area contributed by atoms with Crippen LogP contribution in [0, 0.1) is 24.4 Å². The summed E-state index contributed by atoms with van der Waals surface area (Å²) in [5.74, 6) is -1.92. The number of hydrogen-bond donors (Lipinski definition) is 1. The molecule has 106 valence electrons. The Kier molecular flexibility index (Phi) is 3.99. The van der Waals surface area contributed by atoms with Crippen molar-refractivity contribution in [2.24, 2.45) is 5.73 Å². The molecule has 0 saturated heterocycles. The van der Waals surface area contributed by atoms with Crippen molar-refractivity contribution in [3.05, 3.63) is 58.9 Å². The van der Waals surface area contributed by atoms with Gasteiger partial charge in [0.05, 0.1) is 0 Å². The summed E-state index contributed by atoms with van der Waals surface area (Å²) in [6, 6.07) is 5.50. The molecule has 0 aromatic heterocycles. The Balaban J connectivity index is 2.41. The van der Waals surface area contributed by atoms with Crippen LogP contribution in [-0.2, 0) is 0 Å². The van der Waals surface area contributed by atoms with E-state index in [1.54, 1.807) is 13.8 Å². The average molecular weight is 281 g/mol. The first-order chi connectivity index (χ1) is 9.38. The maximum absolute atomic E-state index is 13.6. The van der Waals surface area contributed by atoms with Gasteiger partial charge in [-0.1, -0.05) is 0 Å². The SMILES string of the molecule is Cc1cc(Oc2ccc(F)c(F)c2)c(C(C)N)cc1F. The molecule has 0 fully saturated rings. The number of ether oxygens (including phenoxy) is 1. The number of rotatable bonds is 3. The van der Waals surface area contributed by atoms with Gasteiger partial charge in [-0.2, -0.15) is 0 Å². The van der Waals surface area contributed by atoms with E-state index in [0.717, 1.165) is 12.1 Å². The first-order valence-corrected chi connectivity index (χ1v) is 6.07. The lowest BCUT2D eigenvalue weighted by Gasteiger charge is -2.15. The van der Waals surface area contributed by atoms with Crippen LogP contribution in [0.4, 0.5) is 13.2 Å². The summed E-state index contributed by atoms with van der Waals surface area (Å²) < 4.78 is 45.1. The van der Waals surface area contributed by atoms with Crippen LogP contribution >= 0.6 is 0 Å². The zero-order valence-electron chi connectivity index (χ0n) is 11.1. The molecule has 0 heterocycles. The summed E-state index contributed by atoms with van der Waals surface area (Å²) in [5, 5.41) is 0. The molecule has 0 bridgehead atoms. The minimum absolute atomic E-state index is 0.122. The van der Waals surface area contributed by atoms with Gasteiger partial charge in [0.2, 0.25) is 0 Å². The van der Waals surface area contributed by atoms with E-state index >= 15 is 0 Å². The standard InChI is InChI=1S/C15H14F3NO/c1-8-5-15(11(9(2)19)7-13(8)17)20-10-3-4-12(16)14(18)6-10/h3-7,9H,19H2,1-2H3. The molecule has 0 aliphatic heterocycles. The quantitative estimate of drug-likeness (QED) is 0.914. The highest BCUT2D eigenvalue weighted by atomic mass is 19.2. The van der Waals surface area contributed by atoms with E-state index in [1.165, 1.54) is 18.2 Å². The summed E-state index contributed by atoms with van der Waals surface area (Å²) in [6.07, 6.45) is 0. The highest BCUT2D eigenvalue weighted by Crippen LogP contribution is 2.31. The van der Waals surface area contributed by atoms with Crippen LogP contribution in [0.25, 0.3) is 0 Å². The van der Waals surface area contributed by atoms with Crippen LogP contribution in [-0.4, -0.2) is 0 Å². The number of aryl methyl sites for hydroxylation is 1. The van der Waals surface area contributed by atoms with Gasteiger partial charge in [0.15, 0.2) is 11.6 Å².